The van der Waals surface area contributed by atoms with E-state index in [1.165, 1.54) is 0 Å². The monoisotopic (exact) mass is 327 g/mol. The molecule has 2 N–H and O–H groups in total. The van der Waals surface area contributed by atoms with Gasteiger partial charge in [0.1, 0.15) is 11.4 Å². The summed E-state index contributed by atoms with van der Waals surface area (Å²) in [5, 5.41) is 17.8. The van der Waals surface area contributed by atoms with Gasteiger partial charge in [-0.2, -0.15) is 5.10 Å². The van der Waals surface area contributed by atoms with Crippen LogP contribution in [-0.4, -0.2) is 27.5 Å². The molecular formula is C13H18BrN3O2. The molecule has 0 amide bonds. The minimum Gasteiger partial charge on any atom is -0.466 e. The summed E-state index contributed by atoms with van der Waals surface area (Å²) in [5.74, 6) is 0.564. The molecule has 0 unspecified atom stereocenters. The van der Waals surface area contributed by atoms with Gasteiger partial charge in [0.05, 0.1) is 23.5 Å². The van der Waals surface area contributed by atoms with E-state index in [1.54, 1.807) is 31.5 Å². The third kappa shape index (κ3) is 3.92. The normalized spacial score (nSPS) is 16.2. The second kappa shape index (κ2) is 5.90. The molecule has 0 aliphatic heterocycles. The van der Waals surface area contributed by atoms with Crippen molar-refractivity contribution in [2.24, 2.45) is 0 Å². The Bertz CT molecular complexity index is 508. The van der Waals surface area contributed by atoms with Crippen LogP contribution in [0.3, 0.4) is 0 Å². The Morgan fingerprint density at radius 3 is 3.00 bits per heavy atom. The van der Waals surface area contributed by atoms with Crippen LogP contribution in [-0.2, 0) is 12.1 Å². The second-order valence-corrected chi connectivity index (χ2v) is 5.83. The predicted octanol–water partition coefficient (Wildman–Crippen LogP) is 2.12. The molecule has 0 aliphatic rings. The number of nitrogens with zero attached hydrogens (tertiary/aromatic N) is 2. The fourth-order valence-electron chi connectivity index (χ4n) is 1.83. The summed E-state index contributed by atoms with van der Waals surface area (Å²) in [5.41, 5.74) is -1.01. The van der Waals surface area contributed by atoms with Gasteiger partial charge < -0.3 is 14.8 Å². The van der Waals surface area contributed by atoms with E-state index in [4.69, 9.17) is 4.42 Å². The maximum Gasteiger partial charge on any atom is 0.136 e. The van der Waals surface area contributed by atoms with Gasteiger partial charge in [0, 0.05) is 18.8 Å². The van der Waals surface area contributed by atoms with E-state index in [0.29, 0.717) is 12.3 Å². The topological polar surface area (TPSA) is 63.2 Å². The van der Waals surface area contributed by atoms with Crippen molar-refractivity contribution in [1.82, 2.24) is 15.1 Å². The number of hydrogen-bond donors (Lipinski definition) is 2. The SMILES string of the molecule is C[C@@H](Cn1cc(Br)cn1)NC[C@@](C)(O)c1ccco1. The van der Waals surface area contributed by atoms with E-state index < -0.39 is 5.60 Å². The van der Waals surface area contributed by atoms with Gasteiger partial charge in [0.25, 0.3) is 0 Å². The summed E-state index contributed by atoms with van der Waals surface area (Å²) in [6.45, 7) is 4.94. The first-order valence-corrected chi connectivity index (χ1v) is 6.94. The molecule has 2 aromatic heterocycles. The molecule has 5 nitrogen and oxygen atoms in total. The van der Waals surface area contributed by atoms with E-state index in [2.05, 4.69) is 26.3 Å². The summed E-state index contributed by atoms with van der Waals surface area (Å²) in [6, 6.07) is 3.74. The van der Waals surface area contributed by atoms with Crippen LogP contribution in [0.1, 0.15) is 19.6 Å². The molecule has 2 atom stereocenters. The summed E-state index contributed by atoms with van der Waals surface area (Å²) in [4.78, 5) is 0. The highest BCUT2D eigenvalue weighted by Gasteiger charge is 2.26. The van der Waals surface area contributed by atoms with Gasteiger partial charge in [0.2, 0.25) is 0 Å². The molecule has 104 valence electrons. The molecule has 2 heterocycles. The summed E-state index contributed by atoms with van der Waals surface area (Å²) in [7, 11) is 0. The van der Waals surface area contributed by atoms with Crippen LogP contribution in [0, 0.1) is 0 Å². The molecule has 0 saturated carbocycles. The van der Waals surface area contributed by atoms with Gasteiger partial charge >= 0.3 is 0 Å². The Hall–Kier alpha value is -1.11. The maximum absolute atomic E-state index is 10.3. The van der Waals surface area contributed by atoms with Crippen LogP contribution in [0.15, 0.2) is 39.7 Å². The van der Waals surface area contributed by atoms with Crippen LogP contribution in [0.5, 0.6) is 0 Å². The van der Waals surface area contributed by atoms with Gasteiger partial charge in [-0.3, -0.25) is 4.68 Å². The van der Waals surface area contributed by atoms with Crippen LogP contribution >= 0.6 is 15.9 Å². The van der Waals surface area contributed by atoms with Crippen molar-refractivity contribution < 1.29 is 9.52 Å². The number of aromatic nitrogens is 2. The lowest BCUT2D eigenvalue weighted by Gasteiger charge is -2.24. The number of rotatable bonds is 6. The van der Waals surface area contributed by atoms with E-state index in [-0.39, 0.29) is 6.04 Å². The van der Waals surface area contributed by atoms with Crippen molar-refractivity contribution in [2.45, 2.75) is 32.0 Å². The van der Waals surface area contributed by atoms with Crippen LogP contribution in [0.2, 0.25) is 0 Å². The highest BCUT2D eigenvalue weighted by molar-refractivity contribution is 9.10. The summed E-state index contributed by atoms with van der Waals surface area (Å²) < 4.78 is 8.05. The lowest BCUT2D eigenvalue weighted by Crippen LogP contribution is -2.41. The van der Waals surface area contributed by atoms with E-state index in [0.717, 1.165) is 11.0 Å². The van der Waals surface area contributed by atoms with E-state index >= 15 is 0 Å². The second-order valence-electron chi connectivity index (χ2n) is 4.91. The highest BCUT2D eigenvalue weighted by atomic mass is 79.9. The fourth-order valence-corrected chi connectivity index (χ4v) is 2.16. The zero-order chi connectivity index (χ0) is 13.9. The van der Waals surface area contributed by atoms with Crippen LogP contribution < -0.4 is 5.32 Å². The minimum atomic E-state index is -1.01. The van der Waals surface area contributed by atoms with Gasteiger partial charge in [-0.15, -0.1) is 0 Å². The first kappa shape index (κ1) is 14.3. The molecule has 6 heteroatoms. The highest BCUT2D eigenvalue weighted by Crippen LogP contribution is 2.20. The Balaban J connectivity index is 1.85. The molecule has 0 radical (unpaired) electrons. The van der Waals surface area contributed by atoms with Gasteiger partial charge in [-0.1, -0.05) is 0 Å². The Morgan fingerprint density at radius 2 is 2.42 bits per heavy atom. The Kier molecular flexibility index (Phi) is 4.44. The summed E-state index contributed by atoms with van der Waals surface area (Å²) >= 11 is 3.36. The van der Waals surface area contributed by atoms with Crippen molar-refractivity contribution in [3.05, 3.63) is 41.0 Å². The number of aliphatic hydroxyl groups is 1. The molecule has 2 aromatic rings. The molecule has 0 aliphatic carbocycles. The van der Waals surface area contributed by atoms with Gasteiger partial charge in [0.15, 0.2) is 0 Å². The van der Waals surface area contributed by atoms with Crippen molar-refractivity contribution >= 4 is 15.9 Å². The number of hydrogen-bond acceptors (Lipinski definition) is 4. The Labute approximate surface area is 120 Å². The maximum atomic E-state index is 10.3. The Morgan fingerprint density at radius 1 is 1.63 bits per heavy atom. The third-order valence-electron chi connectivity index (χ3n) is 2.91. The third-order valence-corrected chi connectivity index (χ3v) is 3.32. The van der Waals surface area contributed by atoms with Crippen LogP contribution in [0.4, 0.5) is 0 Å². The predicted molar refractivity (Wildman–Crippen MR) is 75.7 cm³/mol. The first-order chi connectivity index (χ1) is 8.97. The van der Waals surface area contributed by atoms with Crippen molar-refractivity contribution in [3.63, 3.8) is 0 Å². The van der Waals surface area contributed by atoms with Crippen molar-refractivity contribution in [1.29, 1.82) is 0 Å². The van der Waals surface area contributed by atoms with Crippen molar-refractivity contribution in [3.8, 4) is 0 Å². The lowest BCUT2D eigenvalue weighted by atomic mass is 10.0. The average Bonchev–Trinajstić information content (AvgIpc) is 2.98. The van der Waals surface area contributed by atoms with E-state index in [9.17, 15) is 5.11 Å². The van der Waals surface area contributed by atoms with Gasteiger partial charge in [-0.05, 0) is 41.9 Å². The molecule has 0 saturated heterocycles. The average molecular weight is 328 g/mol. The minimum absolute atomic E-state index is 0.188. The molecular weight excluding hydrogens is 310 g/mol. The standard InChI is InChI=1S/C13H18BrN3O2/c1-10(7-17-8-11(14)6-16-17)15-9-13(2,18)12-4-3-5-19-12/h3-6,8,10,15,18H,7,9H2,1-2H3/t10-,13+/m0/s1. The molecule has 0 bridgehead atoms. The van der Waals surface area contributed by atoms with Gasteiger partial charge in [-0.25, -0.2) is 0 Å². The molecule has 19 heavy (non-hydrogen) atoms. The van der Waals surface area contributed by atoms with E-state index in [1.807, 2.05) is 17.8 Å². The molecule has 0 spiro atoms. The summed E-state index contributed by atoms with van der Waals surface area (Å²) in [6.07, 6.45) is 5.24. The van der Waals surface area contributed by atoms with Crippen LogP contribution in [0.25, 0.3) is 0 Å². The first-order valence-electron chi connectivity index (χ1n) is 6.15. The smallest absolute Gasteiger partial charge is 0.136 e. The number of furan rings is 1. The molecule has 0 fully saturated rings. The number of halogens is 1. The number of nitrogens with one attached hydrogen (secondary N) is 1. The van der Waals surface area contributed by atoms with Crippen molar-refractivity contribution in [2.75, 3.05) is 6.54 Å². The zero-order valence-electron chi connectivity index (χ0n) is 11.0. The molecule has 0 aromatic carbocycles. The fraction of sp³-hybridized carbons (Fsp3) is 0.462. The largest absolute Gasteiger partial charge is 0.466 e. The quantitative estimate of drug-likeness (QED) is 0.853. The zero-order valence-corrected chi connectivity index (χ0v) is 12.6. The molecule has 2 rings (SSSR count). The lowest BCUT2D eigenvalue weighted by molar-refractivity contribution is 0.0315.